The number of carboxylic acids is 1. The number of fused-ring (bicyclic) bond motifs is 1. The fourth-order valence-electron chi connectivity index (χ4n) is 4.54. The number of aliphatic carboxylic acids is 1. The molecule has 0 saturated heterocycles. The van der Waals surface area contributed by atoms with Crippen molar-refractivity contribution < 1.29 is 28.9 Å². The molecule has 2 N–H and O–H groups in total. The van der Waals surface area contributed by atoms with E-state index in [0.717, 1.165) is 27.9 Å². The summed E-state index contributed by atoms with van der Waals surface area (Å²) in [7, 11) is 3.20. The van der Waals surface area contributed by atoms with Gasteiger partial charge in [-0.25, -0.2) is 0 Å². The van der Waals surface area contributed by atoms with Crippen LogP contribution in [0.1, 0.15) is 35.0 Å². The fraction of sp³-hybridized carbons (Fsp3) is 0.321. The van der Waals surface area contributed by atoms with Crippen molar-refractivity contribution >= 4 is 16.9 Å². The van der Waals surface area contributed by atoms with Crippen LogP contribution in [-0.2, 0) is 24.2 Å². The molecule has 35 heavy (non-hydrogen) atoms. The van der Waals surface area contributed by atoms with Gasteiger partial charge < -0.3 is 28.7 Å². The molecule has 4 rings (SSSR count). The van der Waals surface area contributed by atoms with Crippen molar-refractivity contribution in [1.29, 1.82) is 0 Å². The van der Waals surface area contributed by atoms with E-state index in [4.69, 9.17) is 19.0 Å². The first-order chi connectivity index (χ1) is 16.9. The summed E-state index contributed by atoms with van der Waals surface area (Å²) in [5.74, 6) is 1.09. The number of methoxy groups -OCH3 is 2. The highest BCUT2D eigenvalue weighted by Gasteiger charge is 2.25. The zero-order valence-electron chi connectivity index (χ0n) is 20.2. The molecule has 7 heteroatoms. The lowest BCUT2D eigenvalue weighted by Crippen LogP contribution is -2.18. The van der Waals surface area contributed by atoms with Crippen LogP contribution in [0.4, 0.5) is 0 Å². The number of hydrogen-bond donors (Lipinski definition) is 2. The third-order valence-corrected chi connectivity index (χ3v) is 6.43. The number of carboxylic acid groups (broad SMARTS) is 1. The third kappa shape index (κ3) is 5.69. The number of rotatable bonds is 11. The summed E-state index contributed by atoms with van der Waals surface area (Å²) >= 11 is 0. The molecule has 7 nitrogen and oxygen atoms in total. The first-order valence-electron chi connectivity index (χ1n) is 11.6. The van der Waals surface area contributed by atoms with Crippen LogP contribution in [-0.4, -0.2) is 35.0 Å². The first-order valence-corrected chi connectivity index (χ1v) is 11.6. The van der Waals surface area contributed by atoms with Gasteiger partial charge in [0.05, 0.1) is 26.7 Å². The van der Waals surface area contributed by atoms with Crippen LogP contribution in [0.15, 0.2) is 65.3 Å². The number of para-hydroxylation sites is 1. The maximum Gasteiger partial charge on any atom is 0.307 e. The number of aryl methyl sites for hydroxylation is 1. The van der Waals surface area contributed by atoms with E-state index in [1.165, 1.54) is 0 Å². The minimum Gasteiger partial charge on any atom is -0.496 e. The van der Waals surface area contributed by atoms with E-state index in [9.17, 15) is 9.90 Å². The molecule has 184 valence electrons. The molecule has 0 unspecified atom stereocenters. The highest BCUT2D eigenvalue weighted by atomic mass is 16.5. The molecule has 4 aromatic rings. The predicted molar refractivity (Wildman–Crippen MR) is 133 cm³/mol. The highest BCUT2D eigenvalue weighted by Crippen LogP contribution is 2.37. The van der Waals surface area contributed by atoms with Gasteiger partial charge in [-0.3, -0.25) is 4.79 Å². The van der Waals surface area contributed by atoms with Crippen LogP contribution < -0.4 is 9.47 Å². The Balaban J connectivity index is 1.61. The van der Waals surface area contributed by atoms with Gasteiger partial charge in [0.15, 0.2) is 0 Å². The topological polar surface area (TPSA) is 94.1 Å². The summed E-state index contributed by atoms with van der Waals surface area (Å²) in [5, 5.41) is 21.6. The van der Waals surface area contributed by atoms with E-state index in [0.29, 0.717) is 36.4 Å². The Kier molecular flexibility index (Phi) is 7.46. The largest absolute Gasteiger partial charge is 0.496 e. The Labute approximate surface area is 204 Å². The Bertz CT molecular complexity index is 1250. The standard InChI is InChI=1S/C28H31NO6/c1-18-25(33-2)15-22(16-26(18)34-3)28(32)21(9-11-29-10-8-19(17-29)12-27(30)31)14-23-13-20-6-4-5-7-24(20)35-23/h4-8,10,13,15-17,21,28,32H,9,11-12,14H2,1-3H3,(H,30,31)/t21-,28+/m1/s1. The Hall–Kier alpha value is -3.71. The molecule has 0 amide bonds. The number of ether oxygens (including phenoxy) is 2. The molecule has 0 bridgehead atoms. The molecule has 0 spiro atoms. The number of aliphatic hydroxyl groups excluding tert-OH is 1. The van der Waals surface area contributed by atoms with E-state index in [2.05, 4.69) is 0 Å². The SMILES string of the molecule is COc1cc([C@@H](O)[C@H](CCn2ccc(CC(=O)O)c2)Cc2cc3ccccc3o2)cc(OC)c1C. The number of furan rings is 1. The summed E-state index contributed by atoms with van der Waals surface area (Å²) < 4.78 is 19.1. The van der Waals surface area contributed by atoms with Crippen LogP contribution >= 0.6 is 0 Å². The average molecular weight is 478 g/mol. The molecule has 0 saturated carbocycles. The zero-order chi connectivity index (χ0) is 24.9. The second-order valence-corrected chi connectivity index (χ2v) is 8.83. The molecule has 0 radical (unpaired) electrons. The molecule has 0 aliphatic rings. The molecule has 2 atom stereocenters. The third-order valence-electron chi connectivity index (χ3n) is 6.43. The van der Waals surface area contributed by atoms with Gasteiger partial charge in [-0.15, -0.1) is 0 Å². The van der Waals surface area contributed by atoms with Crippen LogP contribution in [0.2, 0.25) is 0 Å². The van der Waals surface area contributed by atoms with E-state index in [-0.39, 0.29) is 12.3 Å². The molecule has 0 fully saturated rings. The van der Waals surface area contributed by atoms with Gasteiger partial charge >= 0.3 is 5.97 Å². The second kappa shape index (κ2) is 10.7. The minimum atomic E-state index is -0.858. The van der Waals surface area contributed by atoms with Gasteiger partial charge in [0.1, 0.15) is 22.8 Å². The van der Waals surface area contributed by atoms with Crippen molar-refractivity contribution in [1.82, 2.24) is 4.57 Å². The van der Waals surface area contributed by atoms with Crippen molar-refractivity contribution in [2.45, 2.75) is 38.8 Å². The van der Waals surface area contributed by atoms with E-state index in [1.807, 2.05) is 72.4 Å². The van der Waals surface area contributed by atoms with E-state index < -0.39 is 12.1 Å². The fourth-order valence-corrected chi connectivity index (χ4v) is 4.54. The van der Waals surface area contributed by atoms with Crippen molar-refractivity contribution in [2.24, 2.45) is 5.92 Å². The number of aromatic nitrogens is 1. The van der Waals surface area contributed by atoms with Gasteiger partial charge in [-0.1, -0.05) is 18.2 Å². The van der Waals surface area contributed by atoms with Crippen molar-refractivity contribution in [3.8, 4) is 11.5 Å². The minimum absolute atomic E-state index is 0.0129. The Morgan fingerprint density at radius 2 is 1.80 bits per heavy atom. The predicted octanol–water partition coefficient (Wildman–Crippen LogP) is 5.17. The zero-order valence-corrected chi connectivity index (χ0v) is 20.2. The summed E-state index contributed by atoms with van der Waals surface area (Å²) in [6.45, 7) is 2.54. The normalized spacial score (nSPS) is 13.0. The van der Waals surface area contributed by atoms with Crippen molar-refractivity contribution in [3.63, 3.8) is 0 Å². The van der Waals surface area contributed by atoms with Gasteiger partial charge in [-0.05, 0) is 60.7 Å². The van der Waals surface area contributed by atoms with Gasteiger partial charge in [0.25, 0.3) is 0 Å². The van der Waals surface area contributed by atoms with Gasteiger partial charge in [0, 0.05) is 36.3 Å². The molecule has 2 heterocycles. The molecular weight excluding hydrogens is 446 g/mol. The van der Waals surface area contributed by atoms with E-state index >= 15 is 0 Å². The maximum absolute atomic E-state index is 11.5. The summed E-state index contributed by atoms with van der Waals surface area (Å²) in [6.07, 6.45) is 4.11. The molecule has 0 aliphatic heterocycles. The molecule has 2 aromatic carbocycles. The summed E-state index contributed by atoms with van der Waals surface area (Å²) in [4.78, 5) is 11.0. The van der Waals surface area contributed by atoms with Crippen molar-refractivity contribution in [2.75, 3.05) is 14.2 Å². The van der Waals surface area contributed by atoms with Crippen LogP contribution in [0.25, 0.3) is 11.0 Å². The summed E-state index contributed by atoms with van der Waals surface area (Å²) in [5.41, 5.74) is 3.15. The number of benzene rings is 2. The number of nitrogens with zero attached hydrogens (tertiary/aromatic N) is 1. The van der Waals surface area contributed by atoms with Crippen molar-refractivity contribution in [3.05, 3.63) is 83.4 Å². The molecule has 0 aliphatic carbocycles. The van der Waals surface area contributed by atoms with Gasteiger partial charge in [0.2, 0.25) is 0 Å². The Morgan fingerprint density at radius 3 is 2.46 bits per heavy atom. The van der Waals surface area contributed by atoms with E-state index in [1.54, 1.807) is 14.2 Å². The first kappa shape index (κ1) is 24.4. The molecular formula is C28H31NO6. The van der Waals surface area contributed by atoms with Crippen LogP contribution in [0.3, 0.4) is 0 Å². The smallest absolute Gasteiger partial charge is 0.307 e. The number of aliphatic hydroxyl groups is 1. The lowest BCUT2D eigenvalue weighted by molar-refractivity contribution is -0.136. The van der Waals surface area contributed by atoms with Crippen LogP contribution in [0.5, 0.6) is 11.5 Å². The monoisotopic (exact) mass is 477 g/mol. The van der Waals surface area contributed by atoms with Gasteiger partial charge in [-0.2, -0.15) is 0 Å². The lowest BCUT2D eigenvalue weighted by Gasteiger charge is -2.24. The Morgan fingerprint density at radius 1 is 1.09 bits per heavy atom. The maximum atomic E-state index is 11.5. The lowest BCUT2D eigenvalue weighted by atomic mass is 9.88. The number of hydrogen-bond acceptors (Lipinski definition) is 5. The molecule has 2 aromatic heterocycles. The number of carbonyl (C=O) groups is 1. The highest BCUT2D eigenvalue weighted by molar-refractivity contribution is 5.77. The quantitative estimate of drug-likeness (QED) is 0.310. The second-order valence-electron chi connectivity index (χ2n) is 8.83. The average Bonchev–Trinajstić information content (AvgIpc) is 3.47. The van der Waals surface area contributed by atoms with Crippen LogP contribution in [0, 0.1) is 12.8 Å². The summed E-state index contributed by atoms with van der Waals surface area (Å²) in [6, 6.07) is 15.4.